The van der Waals surface area contributed by atoms with Gasteiger partial charge in [-0.15, -0.1) is 0 Å². The molecule has 0 aliphatic carbocycles. The molecule has 2 rings (SSSR count). The van der Waals surface area contributed by atoms with Gasteiger partial charge in [0.15, 0.2) is 0 Å². The van der Waals surface area contributed by atoms with Crippen LogP contribution in [-0.2, 0) is 9.59 Å². The molecule has 22 heavy (non-hydrogen) atoms. The van der Waals surface area contributed by atoms with Crippen molar-refractivity contribution in [3.05, 3.63) is 51.7 Å². The van der Waals surface area contributed by atoms with Gasteiger partial charge in [0, 0.05) is 12.2 Å². The number of carbonyl (C=O) groups is 2. The van der Waals surface area contributed by atoms with E-state index in [0.717, 1.165) is 16.7 Å². The van der Waals surface area contributed by atoms with E-state index in [1.165, 1.54) is 11.3 Å². The Morgan fingerprint density at radius 1 is 1.23 bits per heavy atom. The molecule has 1 aromatic carbocycles. The third-order valence-electron chi connectivity index (χ3n) is 3.44. The minimum atomic E-state index is -0.816. The Labute approximate surface area is 133 Å². The van der Waals surface area contributed by atoms with Crippen molar-refractivity contribution in [2.75, 3.05) is 11.9 Å². The molecule has 2 aromatic rings. The second kappa shape index (κ2) is 7.20. The Kier molecular flexibility index (Phi) is 5.30. The summed E-state index contributed by atoms with van der Waals surface area (Å²) >= 11 is 1.46. The van der Waals surface area contributed by atoms with E-state index in [1.807, 2.05) is 31.4 Å². The fourth-order valence-corrected chi connectivity index (χ4v) is 2.62. The Hall–Kier alpha value is -2.18. The number of thiophene rings is 1. The summed E-state index contributed by atoms with van der Waals surface area (Å²) in [6.45, 7) is 3.81. The fourth-order valence-electron chi connectivity index (χ4n) is 1.92. The lowest BCUT2D eigenvalue weighted by Gasteiger charge is -2.12. The standard InChI is InChI=1S/C16H18N2O3S/c1-10-4-3-5-13(11(10)2)18-16(21)15(20)17-8-14(19)12-6-7-22-9-12/h3-7,9,14,19H,8H2,1-2H3,(H,17,20)(H,18,21). The van der Waals surface area contributed by atoms with E-state index in [0.29, 0.717) is 5.69 Å². The third-order valence-corrected chi connectivity index (χ3v) is 4.14. The highest BCUT2D eigenvalue weighted by molar-refractivity contribution is 7.07. The van der Waals surface area contributed by atoms with Crippen molar-refractivity contribution >= 4 is 28.8 Å². The Morgan fingerprint density at radius 3 is 2.68 bits per heavy atom. The molecule has 0 bridgehead atoms. The molecule has 3 N–H and O–H groups in total. The monoisotopic (exact) mass is 318 g/mol. The van der Waals surface area contributed by atoms with Gasteiger partial charge in [-0.25, -0.2) is 0 Å². The molecule has 0 fully saturated rings. The van der Waals surface area contributed by atoms with Crippen LogP contribution in [0.15, 0.2) is 35.0 Å². The summed E-state index contributed by atoms with van der Waals surface area (Å²) in [6.07, 6.45) is -0.816. The first-order valence-electron chi connectivity index (χ1n) is 6.84. The van der Waals surface area contributed by atoms with Crippen LogP contribution in [0.4, 0.5) is 5.69 Å². The van der Waals surface area contributed by atoms with E-state index < -0.39 is 17.9 Å². The minimum Gasteiger partial charge on any atom is -0.387 e. The molecular weight excluding hydrogens is 300 g/mol. The first-order valence-corrected chi connectivity index (χ1v) is 7.79. The normalized spacial score (nSPS) is 11.8. The van der Waals surface area contributed by atoms with Crippen LogP contribution >= 0.6 is 11.3 Å². The van der Waals surface area contributed by atoms with Gasteiger partial charge in [-0.3, -0.25) is 9.59 Å². The molecular formula is C16H18N2O3S. The van der Waals surface area contributed by atoms with Gasteiger partial charge >= 0.3 is 11.8 Å². The molecule has 1 atom stereocenters. The van der Waals surface area contributed by atoms with Crippen LogP contribution in [0.25, 0.3) is 0 Å². The lowest BCUT2D eigenvalue weighted by atomic mass is 10.1. The molecule has 5 nitrogen and oxygen atoms in total. The molecule has 2 amide bonds. The number of hydrogen-bond donors (Lipinski definition) is 3. The number of aliphatic hydroxyl groups excluding tert-OH is 1. The van der Waals surface area contributed by atoms with Crippen molar-refractivity contribution < 1.29 is 14.7 Å². The largest absolute Gasteiger partial charge is 0.387 e. The highest BCUT2D eigenvalue weighted by Gasteiger charge is 2.17. The lowest BCUT2D eigenvalue weighted by molar-refractivity contribution is -0.136. The van der Waals surface area contributed by atoms with Gasteiger partial charge < -0.3 is 15.7 Å². The topological polar surface area (TPSA) is 78.4 Å². The number of carbonyl (C=O) groups excluding carboxylic acids is 2. The fraction of sp³-hybridized carbons (Fsp3) is 0.250. The van der Waals surface area contributed by atoms with E-state index in [-0.39, 0.29) is 6.54 Å². The number of aryl methyl sites for hydroxylation is 1. The van der Waals surface area contributed by atoms with Crippen LogP contribution in [0.5, 0.6) is 0 Å². The second-order valence-corrected chi connectivity index (χ2v) is 5.76. The zero-order chi connectivity index (χ0) is 16.1. The van der Waals surface area contributed by atoms with E-state index in [1.54, 1.807) is 17.5 Å². The Balaban J connectivity index is 1.90. The Morgan fingerprint density at radius 2 is 2.00 bits per heavy atom. The SMILES string of the molecule is Cc1cccc(NC(=O)C(=O)NCC(O)c2ccsc2)c1C. The van der Waals surface area contributed by atoms with Crippen LogP contribution in [0, 0.1) is 13.8 Å². The van der Waals surface area contributed by atoms with Crippen molar-refractivity contribution in [1.82, 2.24) is 5.32 Å². The molecule has 0 aliphatic heterocycles. The molecule has 1 heterocycles. The van der Waals surface area contributed by atoms with Crippen LogP contribution < -0.4 is 10.6 Å². The smallest absolute Gasteiger partial charge is 0.313 e. The first kappa shape index (κ1) is 16.2. The maximum absolute atomic E-state index is 11.9. The van der Waals surface area contributed by atoms with Gasteiger partial charge in [-0.1, -0.05) is 12.1 Å². The van der Waals surface area contributed by atoms with Gasteiger partial charge in [0.2, 0.25) is 0 Å². The number of nitrogens with one attached hydrogen (secondary N) is 2. The number of anilines is 1. The number of hydrogen-bond acceptors (Lipinski definition) is 4. The van der Waals surface area contributed by atoms with Gasteiger partial charge in [0.25, 0.3) is 0 Å². The zero-order valence-electron chi connectivity index (χ0n) is 12.4. The van der Waals surface area contributed by atoms with Crippen molar-refractivity contribution in [3.63, 3.8) is 0 Å². The summed E-state index contributed by atoms with van der Waals surface area (Å²) < 4.78 is 0. The summed E-state index contributed by atoms with van der Waals surface area (Å²) in [5.41, 5.74) is 3.28. The van der Waals surface area contributed by atoms with Crippen molar-refractivity contribution in [2.24, 2.45) is 0 Å². The van der Waals surface area contributed by atoms with Crippen molar-refractivity contribution in [2.45, 2.75) is 20.0 Å². The average Bonchev–Trinajstić information content (AvgIpc) is 3.03. The van der Waals surface area contributed by atoms with Crippen LogP contribution in [-0.4, -0.2) is 23.5 Å². The van der Waals surface area contributed by atoms with Crippen molar-refractivity contribution in [1.29, 1.82) is 0 Å². The van der Waals surface area contributed by atoms with Crippen LogP contribution in [0.2, 0.25) is 0 Å². The second-order valence-electron chi connectivity index (χ2n) is 4.98. The summed E-state index contributed by atoms with van der Waals surface area (Å²) in [5.74, 6) is -1.51. The predicted octanol–water partition coefficient (Wildman–Crippen LogP) is 2.15. The van der Waals surface area contributed by atoms with Crippen molar-refractivity contribution in [3.8, 4) is 0 Å². The molecule has 0 saturated heterocycles. The molecule has 0 saturated carbocycles. The van der Waals surface area contributed by atoms with E-state index >= 15 is 0 Å². The van der Waals surface area contributed by atoms with E-state index in [9.17, 15) is 14.7 Å². The molecule has 1 unspecified atom stereocenters. The quantitative estimate of drug-likeness (QED) is 0.756. The summed E-state index contributed by atoms with van der Waals surface area (Å²) in [4.78, 5) is 23.7. The van der Waals surface area contributed by atoms with Gasteiger partial charge in [0.1, 0.15) is 0 Å². The van der Waals surface area contributed by atoms with E-state index in [4.69, 9.17) is 0 Å². The Bertz CT molecular complexity index is 668. The first-order chi connectivity index (χ1) is 10.5. The average molecular weight is 318 g/mol. The van der Waals surface area contributed by atoms with E-state index in [2.05, 4.69) is 10.6 Å². The highest BCUT2D eigenvalue weighted by atomic mass is 32.1. The third kappa shape index (κ3) is 3.93. The molecule has 6 heteroatoms. The maximum Gasteiger partial charge on any atom is 0.313 e. The summed E-state index contributed by atoms with van der Waals surface area (Å²) in [6, 6.07) is 7.27. The number of rotatable bonds is 4. The van der Waals surface area contributed by atoms with Crippen LogP contribution in [0.1, 0.15) is 22.8 Å². The summed E-state index contributed by atoms with van der Waals surface area (Å²) in [5, 5.41) is 18.5. The lowest BCUT2D eigenvalue weighted by Crippen LogP contribution is -2.37. The zero-order valence-corrected chi connectivity index (χ0v) is 13.2. The predicted molar refractivity (Wildman–Crippen MR) is 86.8 cm³/mol. The number of amides is 2. The highest BCUT2D eigenvalue weighted by Crippen LogP contribution is 2.18. The molecule has 116 valence electrons. The van der Waals surface area contributed by atoms with Gasteiger partial charge in [-0.2, -0.15) is 11.3 Å². The van der Waals surface area contributed by atoms with Gasteiger partial charge in [-0.05, 0) is 53.4 Å². The summed E-state index contributed by atoms with van der Waals surface area (Å²) in [7, 11) is 0. The minimum absolute atomic E-state index is 0.00418. The number of aliphatic hydroxyl groups is 1. The molecule has 0 radical (unpaired) electrons. The molecule has 0 aliphatic rings. The van der Waals surface area contributed by atoms with Gasteiger partial charge in [0.05, 0.1) is 6.10 Å². The molecule has 0 spiro atoms. The maximum atomic E-state index is 11.9. The number of benzene rings is 1. The molecule has 1 aromatic heterocycles. The van der Waals surface area contributed by atoms with Crippen LogP contribution in [0.3, 0.4) is 0 Å².